The Balaban J connectivity index is 2.18. The minimum absolute atomic E-state index is 0.257. The van der Waals surface area contributed by atoms with E-state index in [1.807, 2.05) is 7.05 Å². The molecule has 2 N–H and O–H groups in total. The van der Waals surface area contributed by atoms with Gasteiger partial charge in [0, 0.05) is 6.54 Å². The third-order valence-corrected chi connectivity index (χ3v) is 3.16. The molecular formula is C8H12N2OS. The summed E-state index contributed by atoms with van der Waals surface area (Å²) in [6.45, 7) is 0.755. The Morgan fingerprint density at radius 1 is 1.67 bits per heavy atom. The van der Waals surface area contributed by atoms with E-state index in [-0.39, 0.29) is 5.88 Å². The van der Waals surface area contributed by atoms with Crippen LogP contribution in [0.15, 0.2) is 0 Å². The molecule has 0 spiro atoms. The Kier molecular flexibility index (Phi) is 2.02. The summed E-state index contributed by atoms with van der Waals surface area (Å²) in [6.07, 6.45) is 2.43. The molecule has 1 aromatic rings. The third-order valence-electron chi connectivity index (χ3n) is 1.95. The smallest absolute Gasteiger partial charge is 0.225 e. The van der Waals surface area contributed by atoms with E-state index >= 15 is 0 Å². The average molecular weight is 184 g/mol. The van der Waals surface area contributed by atoms with Crippen LogP contribution in [0.2, 0.25) is 0 Å². The van der Waals surface area contributed by atoms with E-state index in [9.17, 15) is 5.11 Å². The summed E-state index contributed by atoms with van der Waals surface area (Å²) >= 11 is 1.63. The van der Waals surface area contributed by atoms with Crippen LogP contribution in [-0.2, 0) is 6.54 Å². The molecule has 1 saturated carbocycles. The average Bonchev–Trinajstić information content (AvgIpc) is 2.79. The topological polar surface area (TPSA) is 45.2 Å². The van der Waals surface area contributed by atoms with Crippen molar-refractivity contribution in [3.63, 3.8) is 0 Å². The lowest BCUT2D eigenvalue weighted by atomic mass is 10.4. The molecule has 1 fully saturated rings. The van der Waals surface area contributed by atoms with Crippen LogP contribution in [0, 0.1) is 0 Å². The standard InChI is InChI=1S/C8H12N2OS/c1-9-4-6-10-8(11)7(12-6)5-2-3-5/h5,9,11H,2-4H2,1H3. The Bertz CT molecular complexity index is 281. The molecule has 1 aliphatic carbocycles. The minimum Gasteiger partial charge on any atom is -0.492 e. The molecule has 0 atom stereocenters. The molecule has 12 heavy (non-hydrogen) atoms. The summed E-state index contributed by atoms with van der Waals surface area (Å²) in [5, 5.41) is 13.4. The molecule has 0 radical (unpaired) electrons. The second kappa shape index (κ2) is 3.03. The molecular weight excluding hydrogens is 172 g/mol. The Labute approximate surface area is 75.5 Å². The molecule has 0 aliphatic heterocycles. The zero-order chi connectivity index (χ0) is 8.55. The van der Waals surface area contributed by atoms with Gasteiger partial charge in [-0.05, 0) is 25.8 Å². The highest BCUT2D eigenvalue weighted by molar-refractivity contribution is 7.12. The van der Waals surface area contributed by atoms with Crippen molar-refractivity contribution in [3.05, 3.63) is 9.88 Å². The molecule has 1 aromatic heterocycles. The van der Waals surface area contributed by atoms with E-state index in [1.165, 1.54) is 12.8 Å². The van der Waals surface area contributed by atoms with Gasteiger partial charge in [-0.2, -0.15) is 0 Å². The molecule has 3 nitrogen and oxygen atoms in total. The molecule has 0 amide bonds. The Hall–Kier alpha value is -0.610. The van der Waals surface area contributed by atoms with E-state index in [1.54, 1.807) is 11.3 Å². The molecule has 66 valence electrons. The van der Waals surface area contributed by atoms with Crippen molar-refractivity contribution in [1.29, 1.82) is 0 Å². The first kappa shape index (κ1) is 8.01. The molecule has 0 unspecified atom stereocenters. The first-order valence-electron chi connectivity index (χ1n) is 4.14. The second-order valence-corrected chi connectivity index (χ2v) is 4.22. The van der Waals surface area contributed by atoms with Crippen molar-refractivity contribution in [2.75, 3.05) is 7.05 Å². The van der Waals surface area contributed by atoms with Gasteiger partial charge in [0.25, 0.3) is 0 Å². The molecule has 0 bridgehead atoms. The summed E-state index contributed by atoms with van der Waals surface area (Å²) in [5.41, 5.74) is 0. The van der Waals surface area contributed by atoms with Crippen LogP contribution in [0.5, 0.6) is 5.88 Å². The number of hydrogen-bond acceptors (Lipinski definition) is 4. The summed E-state index contributed by atoms with van der Waals surface area (Å²) in [6, 6.07) is 0. The van der Waals surface area contributed by atoms with E-state index in [0.717, 1.165) is 16.4 Å². The number of hydrogen-bond donors (Lipinski definition) is 2. The van der Waals surface area contributed by atoms with Crippen LogP contribution >= 0.6 is 11.3 Å². The highest BCUT2D eigenvalue weighted by Crippen LogP contribution is 2.46. The lowest BCUT2D eigenvalue weighted by molar-refractivity contribution is 0.449. The summed E-state index contributed by atoms with van der Waals surface area (Å²) in [4.78, 5) is 5.16. The van der Waals surface area contributed by atoms with Crippen molar-refractivity contribution < 1.29 is 5.11 Å². The van der Waals surface area contributed by atoms with E-state index < -0.39 is 0 Å². The summed E-state index contributed by atoms with van der Waals surface area (Å²) in [5.74, 6) is 0.862. The van der Waals surface area contributed by atoms with Crippen molar-refractivity contribution in [2.45, 2.75) is 25.3 Å². The van der Waals surface area contributed by atoms with Gasteiger partial charge >= 0.3 is 0 Å². The van der Waals surface area contributed by atoms with Gasteiger partial charge in [0.15, 0.2) is 0 Å². The Morgan fingerprint density at radius 2 is 2.42 bits per heavy atom. The predicted octanol–water partition coefficient (Wildman–Crippen LogP) is 1.45. The van der Waals surface area contributed by atoms with Gasteiger partial charge in [-0.1, -0.05) is 0 Å². The number of nitrogens with one attached hydrogen (secondary N) is 1. The fourth-order valence-electron chi connectivity index (χ4n) is 1.21. The van der Waals surface area contributed by atoms with Crippen molar-refractivity contribution >= 4 is 11.3 Å². The largest absolute Gasteiger partial charge is 0.492 e. The lowest BCUT2D eigenvalue weighted by Gasteiger charge is -1.89. The van der Waals surface area contributed by atoms with E-state index in [4.69, 9.17) is 0 Å². The third kappa shape index (κ3) is 1.44. The number of thiazole rings is 1. The molecule has 0 saturated heterocycles. The van der Waals surface area contributed by atoms with E-state index in [0.29, 0.717) is 5.92 Å². The molecule has 0 aromatic carbocycles. The number of aromatic hydroxyl groups is 1. The zero-order valence-corrected chi connectivity index (χ0v) is 7.82. The maximum Gasteiger partial charge on any atom is 0.225 e. The van der Waals surface area contributed by atoms with Gasteiger partial charge in [0.05, 0.1) is 4.88 Å². The predicted molar refractivity (Wildman–Crippen MR) is 48.5 cm³/mol. The van der Waals surface area contributed by atoms with Crippen LogP contribution in [0.1, 0.15) is 28.6 Å². The van der Waals surface area contributed by atoms with E-state index in [2.05, 4.69) is 10.3 Å². The number of rotatable bonds is 3. The van der Waals surface area contributed by atoms with Crippen LogP contribution in [0.3, 0.4) is 0 Å². The van der Waals surface area contributed by atoms with Gasteiger partial charge in [0.2, 0.25) is 5.88 Å². The van der Waals surface area contributed by atoms with Crippen molar-refractivity contribution in [1.82, 2.24) is 10.3 Å². The minimum atomic E-state index is 0.257. The quantitative estimate of drug-likeness (QED) is 0.747. The van der Waals surface area contributed by atoms with Crippen LogP contribution in [0.25, 0.3) is 0 Å². The fourth-order valence-corrected chi connectivity index (χ4v) is 2.35. The maximum atomic E-state index is 9.44. The molecule has 1 heterocycles. The van der Waals surface area contributed by atoms with Crippen LogP contribution in [0.4, 0.5) is 0 Å². The van der Waals surface area contributed by atoms with Gasteiger partial charge in [-0.25, -0.2) is 4.98 Å². The maximum absolute atomic E-state index is 9.44. The number of aromatic nitrogens is 1. The Morgan fingerprint density at radius 3 is 3.00 bits per heavy atom. The highest BCUT2D eigenvalue weighted by atomic mass is 32.1. The van der Waals surface area contributed by atoms with Crippen molar-refractivity contribution in [3.8, 4) is 5.88 Å². The van der Waals surface area contributed by atoms with Gasteiger partial charge in [0.1, 0.15) is 5.01 Å². The van der Waals surface area contributed by atoms with Crippen LogP contribution < -0.4 is 5.32 Å². The van der Waals surface area contributed by atoms with Gasteiger partial charge in [-0.3, -0.25) is 0 Å². The monoisotopic (exact) mass is 184 g/mol. The fraction of sp³-hybridized carbons (Fsp3) is 0.625. The first-order valence-corrected chi connectivity index (χ1v) is 4.96. The summed E-state index contributed by atoms with van der Waals surface area (Å²) < 4.78 is 0. The second-order valence-electron chi connectivity index (χ2n) is 3.10. The van der Waals surface area contributed by atoms with Crippen molar-refractivity contribution in [2.24, 2.45) is 0 Å². The zero-order valence-electron chi connectivity index (χ0n) is 7.00. The molecule has 1 aliphatic rings. The molecule has 4 heteroatoms. The number of nitrogens with zero attached hydrogens (tertiary/aromatic N) is 1. The normalized spacial score (nSPS) is 16.8. The summed E-state index contributed by atoms with van der Waals surface area (Å²) in [7, 11) is 1.88. The molecule has 2 rings (SSSR count). The first-order chi connectivity index (χ1) is 5.81. The SMILES string of the molecule is CNCc1nc(O)c(C2CC2)s1. The van der Waals surface area contributed by atoms with Crippen LogP contribution in [-0.4, -0.2) is 17.1 Å². The highest BCUT2D eigenvalue weighted by Gasteiger charge is 2.29. The lowest BCUT2D eigenvalue weighted by Crippen LogP contribution is -2.03. The van der Waals surface area contributed by atoms with Gasteiger partial charge < -0.3 is 10.4 Å². The van der Waals surface area contributed by atoms with Gasteiger partial charge in [-0.15, -0.1) is 11.3 Å².